The highest BCUT2D eigenvalue weighted by atomic mass is 32.5. The molecule has 0 amide bonds. The number of rotatable bonds is 2. The zero-order chi connectivity index (χ0) is 32.7. The van der Waals surface area contributed by atoms with Gasteiger partial charge in [0.25, 0.3) is 11.1 Å². The SMILES string of the molecule is C[C@H]1[C@H]2OP(O)(=S)OC[C@H]3O[C@@H](n4cnc5c(=O)[nH]c(N)nc54)[C@H](OP(O)(=S)OC[C@H]1O[C@H]2n1cnc2c(=O)[nH]c(N)nc21)[C@@H]3C. The fourth-order valence-corrected chi connectivity index (χ4v) is 8.75. The van der Waals surface area contributed by atoms with Gasteiger partial charge in [0.2, 0.25) is 11.9 Å². The molecule has 0 saturated carbocycles. The molecule has 0 aromatic carbocycles. The van der Waals surface area contributed by atoms with Gasteiger partial charge in [-0.2, -0.15) is 9.97 Å². The van der Waals surface area contributed by atoms with E-state index in [4.69, 9.17) is 62.6 Å². The van der Waals surface area contributed by atoms with Crippen molar-refractivity contribution in [1.82, 2.24) is 39.0 Å². The Balaban J connectivity index is 1.23. The van der Waals surface area contributed by atoms with Crippen molar-refractivity contribution < 1.29 is 37.4 Å². The molecule has 10 atom stereocenters. The molecule has 4 aromatic heterocycles. The van der Waals surface area contributed by atoms with Gasteiger partial charge in [0, 0.05) is 11.8 Å². The number of ether oxygens (including phenoxy) is 2. The fourth-order valence-electron chi connectivity index (χ4n) is 5.79. The molecule has 3 saturated heterocycles. The third kappa shape index (κ3) is 5.61. The van der Waals surface area contributed by atoms with Gasteiger partial charge in [-0.25, -0.2) is 9.97 Å². The molecule has 3 aliphatic heterocycles. The van der Waals surface area contributed by atoms with Crippen molar-refractivity contribution in [2.75, 3.05) is 24.7 Å². The van der Waals surface area contributed by atoms with E-state index in [1.807, 2.05) is 0 Å². The number of H-pyrrole nitrogens is 2. The average molecular weight is 719 g/mol. The second kappa shape index (κ2) is 11.5. The van der Waals surface area contributed by atoms with Gasteiger partial charge in [0.15, 0.2) is 34.8 Å². The minimum absolute atomic E-state index is 0.00128. The van der Waals surface area contributed by atoms with Crippen molar-refractivity contribution in [2.45, 2.75) is 50.7 Å². The molecule has 24 heteroatoms. The predicted molar refractivity (Wildman–Crippen MR) is 166 cm³/mol. The first-order chi connectivity index (χ1) is 21.7. The standard InChI is InChI=1S/C22H28N10O10P2S2/c1-7-9-3-37-44(36,46)42-14-8(2)10(40-20(14)32-6-26-12-16(32)28-22(24)30-18(12)34)4-38-43(35,45)41-13(7)19(39-9)31-5-25-11-15(31)27-21(23)29-17(11)33/h5-10,13-14,19-20H,3-4H2,1-2H3,(H,35,45)(H,36,46)(H3,23,27,29,33)(H3,24,28,30,34)/t7-,8-,9-,10-,13-,14-,19-,20-,43?,44?/m1/s1. The number of hydrogen-bond donors (Lipinski definition) is 6. The fraction of sp³-hybridized carbons (Fsp3) is 0.545. The Bertz CT molecular complexity index is 1910. The van der Waals surface area contributed by atoms with Gasteiger partial charge in [-0.1, -0.05) is 13.8 Å². The van der Waals surface area contributed by atoms with E-state index in [0.29, 0.717) is 0 Å². The first-order valence-corrected chi connectivity index (χ1v) is 19.0. The van der Waals surface area contributed by atoms with Crippen LogP contribution in [0, 0.1) is 11.8 Å². The van der Waals surface area contributed by atoms with Gasteiger partial charge in [0.05, 0.1) is 38.1 Å². The van der Waals surface area contributed by atoms with Gasteiger partial charge in [-0.05, 0) is 23.6 Å². The Kier molecular flexibility index (Phi) is 7.94. The largest absolute Gasteiger partial charge is 0.369 e. The summed E-state index contributed by atoms with van der Waals surface area (Å²) in [6.45, 7) is -5.00. The first kappa shape index (κ1) is 31.9. The Labute approximate surface area is 267 Å². The molecule has 7 heterocycles. The normalized spacial score (nSPS) is 37.1. The molecule has 8 N–H and O–H groups in total. The Morgan fingerprint density at radius 1 is 0.804 bits per heavy atom. The number of nitrogens with two attached hydrogens (primary N) is 2. The maximum absolute atomic E-state index is 12.4. The van der Waals surface area contributed by atoms with Crippen LogP contribution in [0.3, 0.4) is 0 Å². The lowest BCUT2D eigenvalue weighted by Gasteiger charge is -2.29. The zero-order valence-electron chi connectivity index (χ0n) is 23.9. The minimum atomic E-state index is -3.99. The molecule has 20 nitrogen and oxygen atoms in total. The lowest BCUT2D eigenvalue weighted by Crippen LogP contribution is -2.31. The van der Waals surface area contributed by atoms with E-state index in [9.17, 15) is 19.4 Å². The van der Waals surface area contributed by atoms with Crippen LogP contribution in [0.2, 0.25) is 0 Å². The maximum Gasteiger partial charge on any atom is 0.325 e. The molecular weight excluding hydrogens is 690 g/mol. The van der Waals surface area contributed by atoms with Gasteiger partial charge in [0.1, 0.15) is 12.2 Å². The van der Waals surface area contributed by atoms with E-state index < -0.39 is 73.3 Å². The third-order valence-corrected chi connectivity index (χ3v) is 11.3. The third-order valence-electron chi connectivity index (χ3n) is 8.16. The van der Waals surface area contributed by atoms with E-state index >= 15 is 0 Å². The quantitative estimate of drug-likeness (QED) is 0.146. The summed E-state index contributed by atoms with van der Waals surface area (Å²) in [5.74, 6) is -1.37. The van der Waals surface area contributed by atoms with Crippen LogP contribution in [0.5, 0.6) is 0 Å². The van der Waals surface area contributed by atoms with Crippen LogP contribution in [0.25, 0.3) is 22.3 Å². The lowest BCUT2D eigenvalue weighted by molar-refractivity contribution is -0.0606. The van der Waals surface area contributed by atoms with E-state index in [2.05, 4.69) is 29.9 Å². The average Bonchev–Trinajstić information content (AvgIpc) is 3.72. The molecule has 0 radical (unpaired) electrons. The van der Waals surface area contributed by atoms with Crippen LogP contribution in [0.4, 0.5) is 11.9 Å². The van der Waals surface area contributed by atoms with Crippen LogP contribution in [0.15, 0.2) is 22.2 Å². The summed E-state index contributed by atoms with van der Waals surface area (Å²) in [5, 5.41) is 0. The maximum atomic E-state index is 12.4. The van der Waals surface area contributed by atoms with Crippen molar-refractivity contribution in [3.63, 3.8) is 0 Å². The first-order valence-electron chi connectivity index (χ1n) is 13.8. The number of fused-ring (bicyclic) bond motifs is 6. The smallest absolute Gasteiger partial charge is 0.325 e. The van der Waals surface area contributed by atoms with Crippen LogP contribution in [-0.2, 0) is 51.2 Å². The second-order valence-corrected chi connectivity index (χ2v) is 16.6. The molecule has 248 valence electrons. The van der Waals surface area contributed by atoms with Crippen LogP contribution < -0.4 is 22.6 Å². The topological polar surface area (TPSA) is 275 Å². The number of nitrogen functional groups attached to an aromatic ring is 2. The number of hydrogen-bond acceptors (Lipinski definition) is 16. The molecule has 0 aliphatic carbocycles. The van der Waals surface area contributed by atoms with Gasteiger partial charge in [-0.3, -0.25) is 28.7 Å². The van der Waals surface area contributed by atoms with Crippen molar-refractivity contribution in [3.05, 3.63) is 33.4 Å². The number of nitrogens with zero attached hydrogens (tertiary/aromatic N) is 6. The lowest BCUT2D eigenvalue weighted by atomic mass is 10.0. The zero-order valence-corrected chi connectivity index (χ0v) is 27.3. The molecule has 2 unspecified atom stereocenters. The molecule has 4 bridgehead atoms. The van der Waals surface area contributed by atoms with Crippen LogP contribution in [-0.4, -0.2) is 86.5 Å². The van der Waals surface area contributed by atoms with Gasteiger partial charge in [-0.15, -0.1) is 0 Å². The van der Waals surface area contributed by atoms with E-state index in [1.54, 1.807) is 13.8 Å². The van der Waals surface area contributed by atoms with Gasteiger partial charge >= 0.3 is 13.4 Å². The summed E-state index contributed by atoms with van der Waals surface area (Å²) in [6.07, 6.45) is -2.95. The van der Waals surface area contributed by atoms with Crippen LogP contribution >= 0.6 is 13.4 Å². The Morgan fingerprint density at radius 2 is 1.20 bits per heavy atom. The summed E-state index contributed by atoms with van der Waals surface area (Å²) in [5.41, 5.74) is 10.6. The summed E-state index contributed by atoms with van der Waals surface area (Å²) >= 11 is 10.8. The van der Waals surface area contributed by atoms with Crippen molar-refractivity contribution in [1.29, 1.82) is 0 Å². The second-order valence-electron chi connectivity index (χ2n) is 11.1. The number of imidazole rings is 2. The minimum Gasteiger partial charge on any atom is -0.369 e. The number of aromatic nitrogens is 8. The Morgan fingerprint density at radius 3 is 1.59 bits per heavy atom. The molecule has 46 heavy (non-hydrogen) atoms. The van der Waals surface area contributed by atoms with E-state index in [1.165, 1.54) is 21.8 Å². The molecule has 0 spiro atoms. The highest BCUT2D eigenvalue weighted by Gasteiger charge is 2.51. The summed E-state index contributed by atoms with van der Waals surface area (Å²) < 4.78 is 39.1. The molecule has 3 aliphatic rings. The van der Waals surface area contributed by atoms with E-state index in [0.717, 1.165) is 0 Å². The van der Waals surface area contributed by atoms with Crippen molar-refractivity contribution in [2.24, 2.45) is 11.8 Å². The van der Waals surface area contributed by atoms with Crippen molar-refractivity contribution in [3.8, 4) is 0 Å². The molecule has 7 rings (SSSR count). The highest BCUT2D eigenvalue weighted by Crippen LogP contribution is 2.55. The number of nitrogens with one attached hydrogen (secondary N) is 2. The van der Waals surface area contributed by atoms with Crippen LogP contribution in [0.1, 0.15) is 26.3 Å². The summed E-state index contributed by atoms with van der Waals surface area (Å²) in [4.78, 5) is 68.7. The highest BCUT2D eigenvalue weighted by molar-refractivity contribution is 8.07. The molecule has 3 fully saturated rings. The van der Waals surface area contributed by atoms with Gasteiger partial charge < -0.3 is 48.8 Å². The number of anilines is 2. The number of aromatic amines is 2. The summed E-state index contributed by atoms with van der Waals surface area (Å²) in [7, 11) is 0. The molecule has 4 aromatic rings. The molecular formula is C22H28N10O10P2S2. The Hall–Kier alpha value is -2.72. The van der Waals surface area contributed by atoms with E-state index in [-0.39, 0.29) is 47.4 Å². The summed E-state index contributed by atoms with van der Waals surface area (Å²) in [6, 6.07) is 0. The van der Waals surface area contributed by atoms with Crippen molar-refractivity contribution >= 4 is 71.3 Å². The predicted octanol–water partition coefficient (Wildman–Crippen LogP) is -0.265. The monoisotopic (exact) mass is 718 g/mol.